The first-order valence-electron chi connectivity index (χ1n) is 5.76. The van der Waals surface area contributed by atoms with Gasteiger partial charge < -0.3 is 0 Å². The minimum atomic E-state index is -0.707. The van der Waals surface area contributed by atoms with Crippen molar-refractivity contribution in [1.82, 2.24) is 0 Å². The minimum Gasteiger partial charge on any atom is -0.207 e. The molecule has 2 aromatic carbocycles. The van der Waals surface area contributed by atoms with E-state index in [0.717, 1.165) is 28.8 Å². The first-order chi connectivity index (χ1) is 8.90. The van der Waals surface area contributed by atoms with Crippen LogP contribution in [0.2, 0.25) is 0 Å². The van der Waals surface area contributed by atoms with Crippen LogP contribution in [0.4, 0.5) is 8.78 Å². The fraction of sp³-hybridized carbons (Fsp3) is 0.200. The topological polar surface area (TPSA) is 0 Å². The van der Waals surface area contributed by atoms with E-state index in [-0.39, 0.29) is 10.0 Å². The molecule has 0 aliphatic carbocycles. The van der Waals surface area contributed by atoms with E-state index in [1.54, 1.807) is 0 Å². The summed E-state index contributed by atoms with van der Waals surface area (Å²) in [5.41, 5.74) is 3.10. The molecule has 0 saturated heterocycles. The Kier molecular flexibility index (Phi) is 4.26. The molecule has 0 spiro atoms. The number of rotatable bonds is 2. The molecule has 1 atom stereocenters. The summed E-state index contributed by atoms with van der Waals surface area (Å²) in [5, 5.41) is -0.707. The summed E-state index contributed by atoms with van der Waals surface area (Å²) in [6.07, 6.45) is 0. The molecule has 19 heavy (non-hydrogen) atoms. The van der Waals surface area contributed by atoms with E-state index < -0.39 is 17.0 Å². The normalized spacial score (nSPS) is 12.5. The summed E-state index contributed by atoms with van der Waals surface area (Å²) in [5.74, 6) is -1.04. The monoisotopic (exact) mass is 344 g/mol. The van der Waals surface area contributed by atoms with E-state index in [9.17, 15) is 8.78 Å². The zero-order valence-corrected chi connectivity index (χ0v) is 12.8. The van der Waals surface area contributed by atoms with Crippen LogP contribution in [0.1, 0.15) is 27.6 Å². The molecule has 100 valence electrons. The van der Waals surface area contributed by atoms with Crippen LogP contribution in [0.3, 0.4) is 0 Å². The molecule has 1 unspecified atom stereocenters. The van der Waals surface area contributed by atoms with Crippen molar-refractivity contribution in [3.8, 4) is 0 Å². The lowest BCUT2D eigenvalue weighted by Gasteiger charge is -2.13. The molecule has 0 nitrogen and oxygen atoms in total. The zero-order valence-electron chi connectivity index (χ0n) is 10.5. The highest BCUT2D eigenvalue weighted by atomic mass is 79.9. The molecule has 2 aromatic rings. The first-order valence-corrected chi connectivity index (χ1v) is 6.98. The van der Waals surface area contributed by atoms with E-state index in [1.165, 1.54) is 0 Å². The van der Waals surface area contributed by atoms with Crippen molar-refractivity contribution in [1.29, 1.82) is 0 Å². The highest BCUT2D eigenvalue weighted by Crippen LogP contribution is 2.33. The second kappa shape index (κ2) is 5.59. The zero-order chi connectivity index (χ0) is 14.2. The summed E-state index contributed by atoms with van der Waals surface area (Å²) in [6.45, 7) is 3.95. The SMILES string of the molecule is Cc1ccc(C(Cl)c2cc(F)c(Br)cc2F)cc1C. The Bertz CT molecular complexity index is 626. The smallest absolute Gasteiger partial charge is 0.137 e. The Hall–Kier alpha value is -0.930. The Balaban J connectivity index is 2.46. The molecule has 0 heterocycles. The predicted octanol–water partition coefficient (Wildman–Crippen LogP) is 5.67. The minimum absolute atomic E-state index is 0.0951. The number of hydrogen-bond acceptors (Lipinski definition) is 0. The highest BCUT2D eigenvalue weighted by molar-refractivity contribution is 9.10. The van der Waals surface area contributed by atoms with Crippen LogP contribution in [0.25, 0.3) is 0 Å². The Labute approximate surface area is 124 Å². The predicted molar refractivity (Wildman–Crippen MR) is 77.7 cm³/mol. The van der Waals surface area contributed by atoms with Gasteiger partial charge in [-0.25, -0.2) is 8.78 Å². The van der Waals surface area contributed by atoms with Crippen molar-refractivity contribution in [3.63, 3.8) is 0 Å². The quantitative estimate of drug-likeness (QED) is 0.486. The summed E-state index contributed by atoms with van der Waals surface area (Å²) < 4.78 is 27.5. The summed E-state index contributed by atoms with van der Waals surface area (Å²) in [7, 11) is 0. The van der Waals surface area contributed by atoms with E-state index in [1.807, 2.05) is 32.0 Å². The third-order valence-corrected chi connectivity index (χ3v) is 4.23. The van der Waals surface area contributed by atoms with E-state index >= 15 is 0 Å². The Morgan fingerprint density at radius 1 is 1.00 bits per heavy atom. The van der Waals surface area contributed by atoms with Gasteiger partial charge in [-0.15, -0.1) is 11.6 Å². The number of halogens is 4. The molecule has 0 saturated carbocycles. The van der Waals surface area contributed by atoms with Gasteiger partial charge in [0.05, 0.1) is 9.85 Å². The van der Waals surface area contributed by atoms with E-state index in [0.29, 0.717) is 0 Å². The maximum absolute atomic E-state index is 13.9. The average molecular weight is 346 g/mol. The van der Waals surface area contributed by atoms with Gasteiger partial charge in [0.15, 0.2) is 0 Å². The Morgan fingerprint density at radius 2 is 1.68 bits per heavy atom. The van der Waals surface area contributed by atoms with Gasteiger partial charge in [0, 0.05) is 5.56 Å². The van der Waals surface area contributed by atoms with Crippen molar-refractivity contribution in [2.45, 2.75) is 19.2 Å². The van der Waals surface area contributed by atoms with Crippen LogP contribution < -0.4 is 0 Å². The van der Waals surface area contributed by atoms with Crippen molar-refractivity contribution in [2.24, 2.45) is 0 Å². The van der Waals surface area contributed by atoms with Gasteiger partial charge in [0.2, 0.25) is 0 Å². The van der Waals surface area contributed by atoms with E-state index in [2.05, 4.69) is 15.9 Å². The van der Waals surface area contributed by atoms with Crippen LogP contribution in [-0.4, -0.2) is 0 Å². The number of alkyl halides is 1. The molecule has 2 rings (SSSR count). The van der Waals surface area contributed by atoms with Crippen LogP contribution in [0.15, 0.2) is 34.8 Å². The molecule has 0 N–H and O–H groups in total. The van der Waals surface area contributed by atoms with Gasteiger partial charge in [-0.1, -0.05) is 18.2 Å². The molecule has 0 bridgehead atoms. The summed E-state index contributed by atoms with van der Waals surface area (Å²) >= 11 is 9.21. The molecule has 0 aromatic heterocycles. The van der Waals surface area contributed by atoms with Crippen LogP contribution in [-0.2, 0) is 0 Å². The molecule has 0 fully saturated rings. The molecule has 0 radical (unpaired) electrons. The molecule has 4 heteroatoms. The molecule has 0 amide bonds. The Morgan fingerprint density at radius 3 is 2.32 bits per heavy atom. The standard InChI is InChI=1S/C15H12BrClF2/c1-8-3-4-10(5-9(8)2)15(17)11-6-14(19)12(16)7-13(11)18/h3-7,15H,1-2H3. The number of aryl methyl sites for hydroxylation is 2. The van der Waals surface area contributed by atoms with Gasteiger partial charge >= 0.3 is 0 Å². The fourth-order valence-electron chi connectivity index (χ4n) is 1.83. The lowest BCUT2D eigenvalue weighted by molar-refractivity contribution is 0.582. The second-order valence-electron chi connectivity index (χ2n) is 4.49. The largest absolute Gasteiger partial charge is 0.207 e. The maximum atomic E-state index is 13.9. The van der Waals surface area contributed by atoms with Crippen molar-refractivity contribution >= 4 is 27.5 Å². The van der Waals surface area contributed by atoms with Gasteiger partial charge in [0.1, 0.15) is 11.6 Å². The van der Waals surface area contributed by atoms with Crippen LogP contribution in [0.5, 0.6) is 0 Å². The third kappa shape index (κ3) is 2.98. The summed E-state index contributed by atoms with van der Waals surface area (Å²) in [6, 6.07) is 7.88. The fourth-order valence-corrected chi connectivity index (χ4v) is 2.45. The van der Waals surface area contributed by atoms with Gasteiger partial charge in [-0.05, 0) is 58.6 Å². The number of benzene rings is 2. The van der Waals surface area contributed by atoms with Crippen LogP contribution in [0, 0.1) is 25.5 Å². The van der Waals surface area contributed by atoms with E-state index in [4.69, 9.17) is 11.6 Å². The molecule has 0 aliphatic heterocycles. The average Bonchev–Trinajstić information content (AvgIpc) is 2.36. The lowest BCUT2D eigenvalue weighted by atomic mass is 9.99. The summed E-state index contributed by atoms with van der Waals surface area (Å²) in [4.78, 5) is 0. The van der Waals surface area contributed by atoms with Gasteiger partial charge in [-0.2, -0.15) is 0 Å². The highest BCUT2D eigenvalue weighted by Gasteiger charge is 2.18. The van der Waals surface area contributed by atoms with Crippen molar-refractivity contribution in [3.05, 3.63) is 68.7 Å². The maximum Gasteiger partial charge on any atom is 0.137 e. The lowest BCUT2D eigenvalue weighted by Crippen LogP contribution is -1.99. The second-order valence-corrected chi connectivity index (χ2v) is 5.78. The first kappa shape index (κ1) is 14.5. The van der Waals surface area contributed by atoms with Crippen molar-refractivity contribution < 1.29 is 8.78 Å². The molecule has 0 aliphatic rings. The van der Waals surface area contributed by atoms with Crippen molar-refractivity contribution in [2.75, 3.05) is 0 Å². The molecular weight excluding hydrogens is 334 g/mol. The van der Waals surface area contributed by atoms with Gasteiger partial charge in [-0.3, -0.25) is 0 Å². The number of hydrogen-bond donors (Lipinski definition) is 0. The van der Waals surface area contributed by atoms with Gasteiger partial charge in [0.25, 0.3) is 0 Å². The third-order valence-electron chi connectivity index (χ3n) is 3.14. The molecular formula is C15H12BrClF2. The van der Waals surface area contributed by atoms with Crippen LogP contribution >= 0.6 is 27.5 Å².